The van der Waals surface area contributed by atoms with Crippen LogP contribution in [0.5, 0.6) is 0 Å². The van der Waals surface area contributed by atoms with E-state index < -0.39 is 10.0 Å². The van der Waals surface area contributed by atoms with Crippen molar-refractivity contribution in [1.29, 1.82) is 0 Å². The van der Waals surface area contributed by atoms with E-state index in [1.165, 1.54) is 35.3 Å². The SMILES string of the molecule is C=CCNS(=O)(=O)Cc1ccc(NC(=O)/C=C/c2csc(N(C(C)=O)c3ccccc3)n2)cc1. The molecule has 2 aromatic carbocycles. The van der Waals surface area contributed by atoms with E-state index in [0.717, 1.165) is 0 Å². The fourth-order valence-electron chi connectivity index (χ4n) is 2.95. The molecule has 0 spiro atoms. The summed E-state index contributed by atoms with van der Waals surface area (Å²) in [5, 5.41) is 4.98. The molecule has 0 radical (unpaired) electrons. The molecule has 2 amide bonds. The normalized spacial score (nSPS) is 11.3. The summed E-state index contributed by atoms with van der Waals surface area (Å²) in [6.45, 7) is 5.12. The molecule has 0 saturated heterocycles. The van der Waals surface area contributed by atoms with Crippen molar-refractivity contribution >= 4 is 55.8 Å². The summed E-state index contributed by atoms with van der Waals surface area (Å²) in [6, 6.07) is 15.7. The third-order valence-electron chi connectivity index (χ3n) is 4.46. The summed E-state index contributed by atoms with van der Waals surface area (Å²) in [4.78, 5) is 30.4. The van der Waals surface area contributed by atoms with E-state index in [9.17, 15) is 18.0 Å². The van der Waals surface area contributed by atoms with Crippen LogP contribution in [0, 0.1) is 0 Å². The number of hydrogen-bond acceptors (Lipinski definition) is 6. The minimum Gasteiger partial charge on any atom is -0.323 e. The number of amides is 2. The van der Waals surface area contributed by atoms with Crippen molar-refractivity contribution in [3.05, 3.63) is 90.0 Å². The van der Waals surface area contributed by atoms with Crippen molar-refractivity contribution in [3.63, 3.8) is 0 Å². The number of nitrogens with zero attached hydrogens (tertiary/aromatic N) is 2. The number of sulfonamides is 1. The summed E-state index contributed by atoms with van der Waals surface area (Å²) in [5.74, 6) is -0.697. The van der Waals surface area contributed by atoms with Gasteiger partial charge in [-0.05, 0) is 35.9 Å². The zero-order valence-corrected chi connectivity index (χ0v) is 20.1. The summed E-state index contributed by atoms with van der Waals surface area (Å²) in [6.07, 6.45) is 4.38. The lowest BCUT2D eigenvalue weighted by Crippen LogP contribution is -2.25. The smallest absolute Gasteiger partial charge is 0.248 e. The van der Waals surface area contributed by atoms with Crippen LogP contribution < -0.4 is 14.9 Å². The van der Waals surface area contributed by atoms with E-state index in [2.05, 4.69) is 21.6 Å². The third kappa shape index (κ3) is 7.20. The number of thiazole rings is 1. The van der Waals surface area contributed by atoms with Gasteiger partial charge in [-0.1, -0.05) is 36.4 Å². The lowest BCUT2D eigenvalue weighted by Gasteiger charge is -2.17. The average Bonchev–Trinajstić information content (AvgIpc) is 3.26. The quantitative estimate of drug-likeness (QED) is 0.325. The Kier molecular flexibility index (Phi) is 8.47. The monoisotopic (exact) mass is 496 g/mol. The van der Waals surface area contributed by atoms with Gasteiger partial charge in [-0.25, -0.2) is 18.1 Å². The van der Waals surface area contributed by atoms with E-state index in [1.54, 1.807) is 35.7 Å². The van der Waals surface area contributed by atoms with Crippen LogP contribution in [-0.2, 0) is 25.4 Å². The van der Waals surface area contributed by atoms with Gasteiger partial charge >= 0.3 is 0 Å². The number of hydrogen-bond donors (Lipinski definition) is 2. The highest BCUT2D eigenvalue weighted by atomic mass is 32.2. The van der Waals surface area contributed by atoms with Gasteiger partial charge in [0.1, 0.15) is 0 Å². The van der Waals surface area contributed by atoms with Gasteiger partial charge in [-0.15, -0.1) is 17.9 Å². The number of nitrogens with one attached hydrogen (secondary N) is 2. The molecule has 3 aromatic rings. The standard InChI is InChI=1S/C24H24N4O4S2/c1-3-15-25-34(31,32)17-19-9-11-20(12-10-19)26-23(30)14-13-21-16-33-24(27-21)28(18(2)29)22-7-5-4-6-8-22/h3-14,16,25H,1,15,17H2,2H3,(H,26,30)/b14-13+. The zero-order valence-electron chi connectivity index (χ0n) is 18.5. The van der Waals surface area contributed by atoms with Gasteiger partial charge in [0.15, 0.2) is 5.13 Å². The van der Waals surface area contributed by atoms with Crippen molar-refractivity contribution in [2.45, 2.75) is 12.7 Å². The number of benzene rings is 2. The molecule has 0 aliphatic heterocycles. The van der Waals surface area contributed by atoms with Crippen LogP contribution in [-0.4, -0.2) is 31.8 Å². The van der Waals surface area contributed by atoms with Crippen LogP contribution in [0.25, 0.3) is 6.08 Å². The molecule has 0 unspecified atom stereocenters. The third-order valence-corrected chi connectivity index (χ3v) is 6.63. The second-order valence-corrected chi connectivity index (χ2v) is 9.80. The van der Waals surface area contributed by atoms with Crippen LogP contribution in [0.2, 0.25) is 0 Å². The maximum absolute atomic E-state index is 12.3. The zero-order chi connectivity index (χ0) is 24.6. The molecular weight excluding hydrogens is 472 g/mol. The maximum Gasteiger partial charge on any atom is 0.248 e. The predicted octanol–water partition coefficient (Wildman–Crippen LogP) is 4.09. The van der Waals surface area contributed by atoms with Gasteiger partial charge in [-0.2, -0.15) is 0 Å². The second-order valence-electron chi connectivity index (χ2n) is 7.16. The Balaban J connectivity index is 1.61. The van der Waals surface area contributed by atoms with Crippen molar-refractivity contribution in [2.24, 2.45) is 0 Å². The summed E-state index contributed by atoms with van der Waals surface area (Å²) >= 11 is 1.30. The summed E-state index contributed by atoms with van der Waals surface area (Å²) < 4.78 is 26.3. The lowest BCUT2D eigenvalue weighted by atomic mass is 10.2. The molecule has 1 heterocycles. The van der Waals surface area contributed by atoms with Crippen molar-refractivity contribution in [3.8, 4) is 0 Å². The second kappa shape index (κ2) is 11.5. The fourth-order valence-corrected chi connectivity index (χ4v) is 4.91. The molecule has 0 aliphatic carbocycles. The number of rotatable bonds is 10. The molecule has 0 atom stereocenters. The number of carbonyl (C=O) groups is 2. The first-order valence-electron chi connectivity index (χ1n) is 10.2. The van der Waals surface area contributed by atoms with Crippen LogP contribution in [0.15, 0.2) is 78.7 Å². The van der Waals surface area contributed by atoms with Crippen LogP contribution >= 0.6 is 11.3 Å². The first-order chi connectivity index (χ1) is 16.3. The van der Waals surface area contributed by atoms with Gasteiger partial charge < -0.3 is 5.32 Å². The number of carbonyl (C=O) groups excluding carboxylic acids is 2. The Labute approximate surface area is 202 Å². The van der Waals surface area contributed by atoms with Gasteiger partial charge in [0, 0.05) is 30.6 Å². The number of anilines is 3. The molecule has 176 valence electrons. The Bertz CT molecular complexity index is 1280. The van der Waals surface area contributed by atoms with Gasteiger partial charge in [-0.3, -0.25) is 14.5 Å². The Morgan fingerprint density at radius 3 is 2.47 bits per heavy atom. The van der Waals surface area contributed by atoms with Crippen molar-refractivity contribution in [2.75, 3.05) is 16.8 Å². The summed E-state index contributed by atoms with van der Waals surface area (Å²) in [5.41, 5.74) is 2.38. The van der Waals surface area contributed by atoms with Crippen LogP contribution in [0.4, 0.5) is 16.5 Å². The topological polar surface area (TPSA) is 108 Å². The first-order valence-corrected chi connectivity index (χ1v) is 12.8. The Morgan fingerprint density at radius 2 is 1.82 bits per heavy atom. The van der Waals surface area contributed by atoms with Crippen LogP contribution in [0.3, 0.4) is 0 Å². The number of para-hydroxylation sites is 1. The van der Waals surface area contributed by atoms with E-state index >= 15 is 0 Å². The van der Waals surface area contributed by atoms with Crippen LogP contribution in [0.1, 0.15) is 18.2 Å². The molecule has 1 aromatic heterocycles. The van der Waals surface area contributed by atoms with E-state index in [4.69, 9.17) is 0 Å². The van der Waals surface area contributed by atoms with Gasteiger partial charge in [0.25, 0.3) is 0 Å². The van der Waals surface area contributed by atoms with Crippen molar-refractivity contribution in [1.82, 2.24) is 9.71 Å². The highest BCUT2D eigenvalue weighted by molar-refractivity contribution is 7.88. The van der Waals surface area contributed by atoms with Crippen molar-refractivity contribution < 1.29 is 18.0 Å². The molecule has 3 rings (SSSR count). The summed E-state index contributed by atoms with van der Waals surface area (Å²) in [7, 11) is -3.45. The molecule has 10 heteroatoms. The molecule has 0 saturated carbocycles. The largest absolute Gasteiger partial charge is 0.323 e. The number of aromatic nitrogens is 1. The lowest BCUT2D eigenvalue weighted by molar-refractivity contribution is -0.116. The maximum atomic E-state index is 12.3. The average molecular weight is 497 g/mol. The molecule has 34 heavy (non-hydrogen) atoms. The van der Waals surface area contributed by atoms with E-state index in [-0.39, 0.29) is 24.1 Å². The highest BCUT2D eigenvalue weighted by Crippen LogP contribution is 2.29. The first kappa shape index (κ1) is 25.0. The Hall–Kier alpha value is -3.60. The van der Waals surface area contributed by atoms with Gasteiger partial charge in [0.2, 0.25) is 21.8 Å². The minimum atomic E-state index is -3.45. The minimum absolute atomic E-state index is 0.165. The van der Waals surface area contributed by atoms with Gasteiger partial charge in [0.05, 0.1) is 17.1 Å². The van der Waals surface area contributed by atoms with E-state index in [0.29, 0.717) is 27.8 Å². The molecule has 2 N–H and O–H groups in total. The molecule has 0 fully saturated rings. The molecule has 8 nitrogen and oxygen atoms in total. The van der Waals surface area contributed by atoms with E-state index in [1.807, 2.05) is 30.3 Å². The predicted molar refractivity (Wildman–Crippen MR) is 136 cm³/mol. The highest BCUT2D eigenvalue weighted by Gasteiger charge is 2.17. The fraction of sp³-hybridized carbons (Fsp3) is 0.125. The Morgan fingerprint density at radius 1 is 1.12 bits per heavy atom. The molecular formula is C24H24N4O4S2. The molecule has 0 aliphatic rings. The molecule has 0 bridgehead atoms.